The molecular formula is C13H14BrN3O. The summed E-state index contributed by atoms with van der Waals surface area (Å²) in [6.45, 7) is 3.07. The molecule has 1 atom stereocenters. The first-order valence-corrected chi connectivity index (χ1v) is 6.61. The highest BCUT2D eigenvalue weighted by atomic mass is 79.9. The number of halogens is 1. The first kappa shape index (κ1) is 12.9. The molecule has 1 aliphatic rings. The van der Waals surface area contributed by atoms with Crippen LogP contribution in [0.4, 0.5) is 5.69 Å². The van der Waals surface area contributed by atoms with E-state index in [2.05, 4.69) is 27.3 Å². The fourth-order valence-electron chi connectivity index (χ4n) is 2.12. The van der Waals surface area contributed by atoms with Crippen molar-refractivity contribution in [1.29, 1.82) is 5.26 Å². The molecular weight excluding hydrogens is 294 g/mol. The number of anilines is 1. The Bertz CT molecular complexity index is 509. The molecule has 1 saturated heterocycles. The van der Waals surface area contributed by atoms with Crippen molar-refractivity contribution in [3.8, 4) is 6.07 Å². The molecule has 0 aliphatic carbocycles. The molecule has 0 unspecified atom stereocenters. The van der Waals surface area contributed by atoms with E-state index in [1.54, 1.807) is 13.0 Å². The van der Waals surface area contributed by atoms with Gasteiger partial charge in [0.2, 0.25) is 5.91 Å². The lowest BCUT2D eigenvalue weighted by Gasteiger charge is -2.16. The van der Waals surface area contributed by atoms with Crippen LogP contribution >= 0.6 is 15.9 Å². The van der Waals surface area contributed by atoms with Crippen molar-refractivity contribution in [2.75, 3.05) is 18.4 Å². The van der Waals surface area contributed by atoms with Gasteiger partial charge in [-0.2, -0.15) is 5.26 Å². The van der Waals surface area contributed by atoms with Crippen LogP contribution in [0.2, 0.25) is 0 Å². The molecule has 0 spiro atoms. The molecule has 94 valence electrons. The van der Waals surface area contributed by atoms with Gasteiger partial charge in [-0.15, -0.1) is 0 Å². The number of carbonyl (C=O) groups is 1. The molecule has 1 N–H and O–H groups in total. The third-order valence-electron chi connectivity index (χ3n) is 3.10. The molecule has 1 aromatic carbocycles. The standard InChI is InChI=1S/C13H14BrN3O/c1-9(18)17-5-4-12(8-17)16-13-3-2-11(14)6-10(13)7-15/h2-3,6,12,16H,4-5,8H2,1H3/t12-/m0/s1. The number of hydrogen-bond donors (Lipinski definition) is 1. The van der Waals surface area contributed by atoms with E-state index in [1.165, 1.54) is 0 Å². The maximum Gasteiger partial charge on any atom is 0.219 e. The maximum atomic E-state index is 11.3. The van der Waals surface area contributed by atoms with Crippen LogP contribution < -0.4 is 5.32 Å². The Balaban J connectivity index is 2.07. The Morgan fingerprint density at radius 1 is 1.61 bits per heavy atom. The van der Waals surface area contributed by atoms with E-state index < -0.39 is 0 Å². The van der Waals surface area contributed by atoms with Crippen molar-refractivity contribution >= 4 is 27.5 Å². The Morgan fingerprint density at radius 3 is 3.00 bits per heavy atom. The number of carbonyl (C=O) groups excluding carboxylic acids is 1. The minimum absolute atomic E-state index is 0.107. The first-order valence-electron chi connectivity index (χ1n) is 5.82. The van der Waals surface area contributed by atoms with Crippen LogP contribution in [0, 0.1) is 11.3 Å². The molecule has 1 heterocycles. The van der Waals surface area contributed by atoms with Gasteiger partial charge in [-0.05, 0) is 24.6 Å². The van der Waals surface area contributed by atoms with Crippen LogP contribution in [0.3, 0.4) is 0 Å². The molecule has 5 heteroatoms. The van der Waals surface area contributed by atoms with Gasteiger partial charge in [0.15, 0.2) is 0 Å². The summed E-state index contributed by atoms with van der Waals surface area (Å²) in [4.78, 5) is 13.1. The van der Waals surface area contributed by atoms with Gasteiger partial charge in [0.05, 0.1) is 11.3 Å². The van der Waals surface area contributed by atoms with Crippen molar-refractivity contribution in [2.24, 2.45) is 0 Å². The summed E-state index contributed by atoms with van der Waals surface area (Å²) in [6, 6.07) is 7.98. The molecule has 1 amide bonds. The number of amides is 1. The summed E-state index contributed by atoms with van der Waals surface area (Å²) in [5.74, 6) is 0.107. The third kappa shape index (κ3) is 2.82. The molecule has 0 radical (unpaired) electrons. The topological polar surface area (TPSA) is 56.1 Å². The molecule has 1 fully saturated rings. The zero-order valence-electron chi connectivity index (χ0n) is 10.1. The highest BCUT2D eigenvalue weighted by molar-refractivity contribution is 9.10. The van der Waals surface area contributed by atoms with Gasteiger partial charge >= 0.3 is 0 Å². The number of benzene rings is 1. The van der Waals surface area contributed by atoms with Crippen molar-refractivity contribution in [3.63, 3.8) is 0 Å². The number of nitrogens with one attached hydrogen (secondary N) is 1. The summed E-state index contributed by atoms with van der Waals surface area (Å²) < 4.78 is 0.890. The van der Waals surface area contributed by atoms with Gasteiger partial charge in [-0.25, -0.2) is 0 Å². The quantitative estimate of drug-likeness (QED) is 0.912. The average molecular weight is 308 g/mol. The van der Waals surface area contributed by atoms with Crippen LogP contribution in [0.1, 0.15) is 18.9 Å². The normalized spacial score (nSPS) is 18.5. The van der Waals surface area contributed by atoms with Gasteiger partial charge in [0, 0.05) is 30.5 Å². The van der Waals surface area contributed by atoms with Crippen LogP contribution in [0.5, 0.6) is 0 Å². The number of nitriles is 1. The summed E-state index contributed by atoms with van der Waals surface area (Å²) in [7, 11) is 0. The van der Waals surface area contributed by atoms with E-state index in [4.69, 9.17) is 5.26 Å². The Hall–Kier alpha value is -1.54. The van der Waals surface area contributed by atoms with Crippen LogP contribution in [-0.2, 0) is 4.79 Å². The Kier molecular flexibility index (Phi) is 3.87. The largest absolute Gasteiger partial charge is 0.379 e. The zero-order valence-corrected chi connectivity index (χ0v) is 11.7. The van der Waals surface area contributed by atoms with E-state index in [0.717, 1.165) is 23.1 Å². The van der Waals surface area contributed by atoms with Gasteiger partial charge in [0.25, 0.3) is 0 Å². The SMILES string of the molecule is CC(=O)N1CC[C@H](Nc2ccc(Br)cc2C#N)C1. The van der Waals surface area contributed by atoms with Crippen molar-refractivity contribution in [2.45, 2.75) is 19.4 Å². The predicted molar refractivity (Wildman–Crippen MR) is 73.1 cm³/mol. The molecule has 0 saturated carbocycles. The highest BCUT2D eigenvalue weighted by Crippen LogP contribution is 2.23. The Labute approximate surface area is 115 Å². The summed E-state index contributed by atoms with van der Waals surface area (Å²) in [6.07, 6.45) is 0.917. The second-order valence-electron chi connectivity index (χ2n) is 4.40. The fourth-order valence-corrected chi connectivity index (χ4v) is 2.48. The van der Waals surface area contributed by atoms with Gasteiger partial charge in [0.1, 0.15) is 6.07 Å². The molecule has 1 aromatic rings. The lowest BCUT2D eigenvalue weighted by Crippen LogP contribution is -2.29. The summed E-state index contributed by atoms with van der Waals surface area (Å²) >= 11 is 3.35. The number of rotatable bonds is 2. The zero-order chi connectivity index (χ0) is 13.1. The highest BCUT2D eigenvalue weighted by Gasteiger charge is 2.24. The second kappa shape index (κ2) is 5.40. The number of nitrogens with zero attached hydrogens (tertiary/aromatic N) is 2. The maximum absolute atomic E-state index is 11.3. The molecule has 0 bridgehead atoms. The van der Waals surface area contributed by atoms with E-state index in [9.17, 15) is 4.79 Å². The third-order valence-corrected chi connectivity index (χ3v) is 3.59. The second-order valence-corrected chi connectivity index (χ2v) is 5.31. The molecule has 1 aliphatic heterocycles. The monoisotopic (exact) mass is 307 g/mol. The Morgan fingerprint density at radius 2 is 2.39 bits per heavy atom. The molecule has 4 nitrogen and oxygen atoms in total. The summed E-state index contributed by atoms with van der Waals surface area (Å²) in [5.41, 5.74) is 1.45. The van der Waals surface area contributed by atoms with Crippen molar-refractivity contribution < 1.29 is 4.79 Å². The summed E-state index contributed by atoms with van der Waals surface area (Å²) in [5, 5.41) is 12.4. The van der Waals surface area contributed by atoms with Gasteiger partial charge in [-0.3, -0.25) is 4.79 Å². The van der Waals surface area contributed by atoms with E-state index in [0.29, 0.717) is 12.1 Å². The smallest absolute Gasteiger partial charge is 0.219 e. The molecule has 18 heavy (non-hydrogen) atoms. The first-order chi connectivity index (χ1) is 8.60. The minimum atomic E-state index is 0.107. The predicted octanol–water partition coefficient (Wildman–Crippen LogP) is 2.35. The number of likely N-dealkylation sites (tertiary alicyclic amines) is 1. The van der Waals surface area contributed by atoms with Gasteiger partial charge < -0.3 is 10.2 Å². The van der Waals surface area contributed by atoms with E-state index in [-0.39, 0.29) is 11.9 Å². The number of hydrogen-bond acceptors (Lipinski definition) is 3. The van der Waals surface area contributed by atoms with Crippen LogP contribution in [0.15, 0.2) is 22.7 Å². The molecule has 2 rings (SSSR count). The molecule has 0 aromatic heterocycles. The van der Waals surface area contributed by atoms with Crippen molar-refractivity contribution in [1.82, 2.24) is 4.90 Å². The lowest BCUT2D eigenvalue weighted by molar-refractivity contribution is -0.127. The van der Waals surface area contributed by atoms with Crippen molar-refractivity contribution in [3.05, 3.63) is 28.2 Å². The van der Waals surface area contributed by atoms with Crippen LogP contribution in [0.25, 0.3) is 0 Å². The van der Waals surface area contributed by atoms with E-state index in [1.807, 2.05) is 17.0 Å². The van der Waals surface area contributed by atoms with Crippen LogP contribution in [-0.4, -0.2) is 29.9 Å². The van der Waals surface area contributed by atoms with Gasteiger partial charge in [-0.1, -0.05) is 15.9 Å². The lowest BCUT2D eigenvalue weighted by atomic mass is 10.1. The minimum Gasteiger partial charge on any atom is -0.379 e. The fraction of sp³-hybridized carbons (Fsp3) is 0.385. The average Bonchev–Trinajstić information content (AvgIpc) is 2.80. The van der Waals surface area contributed by atoms with E-state index >= 15 is 0 Å².